The van der Waals surface area contributed by atoms with Gasteiger partial charge in [0.15, 0.2) is 5.96 Å². The standard InChI is InChI=1S/C24H40N4O/c1-3-25-23(27-20-24(12-7-13-24)14-17-29-2)26-18-21-8-10-22(11-9-21)19-28-15-5-4-6-16-28/h8-11H,3-7,12-20H2,1-2H3,(H2,25,26,27). The maximum absolute atomic E-state index is 5.31. The Morgan fingerprint density at radius 1 is 1.03 bits per heavy atom. The highest BCUT2D eigenvalue weighted by molar-refractivity contribution is 5.79. The fraction of sp³-hybridized carbons (Fsp3) is 0.708. The van der Waals surface area contributed by atoms with Gasteiger partial charge in [-0.25, -0.2) is 4.99 Å². The van der Waals surface area contributed by atoms with Gasteiger partial charge in [0.25, 0.3) is 0 Å². The lowest BCUT2D eigenvalue weighted by Gasteiger charge is -2.42. The second-order valence-electron chi connectivity index (χ2n) is 8.80. The number of benzene rings is 1. The third-order valence-corrected chi connectivity index (χ3v) is 6.52. The molecule has 0 bridgehead atoms. The molecule has 162 valence electrons. The quantitative estimate of drug-likeness (QED) is 0.461. The van der Waals surface area contributed by atoms with Crippen LogP contribution >= 0.6 is 0 Å². The number of nitrogens with zero attached hydrogens (tertiary/aromatic N) is 2. The Bertz CT molecular complexity index is 618. The Morgan fingerprint density at radius 2 is 1.76 bits per heavy atom. The lowest BCUT2D eigenvalue weighted by molar-refractivity contribution is 0.0732. The molecule has 5 nitrogen and oxygen atoms in total. The topological polar surface area (TPSA) is 48.9 Å². The predicted molar refractivity (Wildman–Crippen MR) is 121 cm³/mol. The van der Waals surface area contributed by atoms with E-state index < -0.39 is 0 Å². The van der Waals surface area contributed by atoms with Gasteiger partial charge in [-0.05, 0) is 68.7 Å². The van der Waals surface area contributed by atoms with Crippen LogP contribution in [0.2, 0.25) is 0 Å². The summed E-state index contributed by atoms with van der Waals surface area (Å²) in [6.45, 7) is 9.12. The maximum atomic E-state index is 5.31. The first-order valence-corrected chi connectivity index (χ1v) is 11.5. The number of nitrogens with one attached hydrogen (secondary N) is 2. The van der Waals surface area contributed by atoms with Crippen molar-refractivity contribution in [1.29, 1.82) is 0 Å². The van der Waals surface area contributed by atoms with Gasteiger partial charge in [-0.3, -0.25) is 4.90 Å². The van der Waals surface area contributed by atoms with Crippen LogP contribution in [0.3, 0.4) is 0 Å². The van der Waals surface area contributed by atoms with E-state index in [1.165, 1.54) is 62.7 Å². The molecule has 1 saturated heterocycles. The van der Waals surface area contributed by atoms with Crippen LogP contribution in [0, 0.1) is 5.41 Å². The third kappa shape index (κ3) is 7.00. The van der Waals surface area contributed by atoms with E-state index in [9.17, 15) is 0 Å². The van der Waals surface area contributed by atoms with Crippen molar-refractivity contribution in [3.63, 3.8) is 0 Å². The van der Waals surface area contributed by atoms with E-state index in [2.05, 4.69) is 46.7 Å². The maximum Gasteiger partial charge on any atom is 0.191 e. The van der Waals surface area contributed by atoms with Crippen LogP contribution in [0.5, 0.6) is 0 Å². The normalized spacial score (nSPS) is 19.6. The van der Waals surface area contributed by atoms with E-state index in [4.69, 9.17) is 9.73 Å². The number of hydrogen-bond acceptors (Lipinski definition) is 3. The molecule has 5 heteroatoms. The van der Waals surface area contributed by atoms with Crippen LogP contribution < -0.4 is 10.6 Å². The molecular weight excluding hydrogens is 360 g/mol. The molecular formula is C24H40N4O. The fourth-order valence-electron chi connectivity index (χ4n) is 4.42. The van der Waals surface area contributed by atoms with Gasteiger partial charge < -0.3 is 15.4 Å². The number of guanidine groups is 1. The molecule has 0 aromatic heterocycles. The molecule has 0 unspecified atom stereocenters. The molecule has 0 amide bonds. The van der Waals surface area contributed by atoms with Crippen LogP contribution in [-0.4, -0.2) is 50.8 Å². The second-order valence-corrected chi connectivity index (χ2v) is 8.80. The summed E-state index contributed by atoms with van der Waals surface area (Å²) in [5.74, 6) is 0.925. The van der Waals surface area contributed by atoms with Crippen molar-refractivity contribution in [2.45, 2.75) is 65.0 Å². The Morgan fingerprint density at radius 3 is 2.38 bits per heavy atom. The summed E-state index contributed by atoms with van der Waals surface area (Å²) in [4.78, 5) is 7.40. The predicted octanol–water partition coefficient (Wildman–Crippen LogP) is 3.93. The van der Waals surface area contributed by atoms with Crippen LogP contribution in [0.25, 0.3) is 0 Å². The number of likely N-dealkylation sites (tertiary alicyclic amines) is 1. The molecule has 29 heavy (non-hydrogen) atoms. The minimum Gasteiger partial charge on any atom is -0.385 e. The molecule has 1 aliphatic carbocycles. The molecule has 1 saturated carbocycles. The van der Waals surface area contributed by atoms with Crippen molar-refractivity contribution in [3.05, 3.63) is 35.4 Å². The van der Waals surface area contributed by atoms with Gasteiger partial charge in [-0.2, -0.15) is 0 Å². The minimum absolute atomic E-state index is 0.391. The summed E-state index contributed by atoms with van der Waals surface area (Å²) in [6, 6.07) is 9.01. The Balaban J connectivity index is 1.49. The number of hydrogen-bond donors (Lipinski definition) is 2. The second kappa shape index (κ2) is 11.6. The summed E-state index contributed by atoms with van der Waals surface area (Å²) >= 11 is 0. The molecule has 0 spiro atoms. The van der Waals surface area contributed by atoms with Gasteiger partial charge in [0.05, 0.1) is 6.54 Å². The average Bonchev–Trinajstić information content (AvgIpc) is 2.72. The van der Waals surface area contributed by atoms with Crippen LogP contribution in [0.4, 0.5) is 0 Å². The van der Waals surface area contributed by atoms with Gasteiger partial charge in [0.2, 0.25) is 0 Å². The third-order valence-electron chi connectivity index (χ3n) is 6.52. The zero-order chi connectivity index (χ0) is 20.4. The summed E-state index contributed by atoms with van der Waals surface area (Å²) in [7, 11) is 1.79. The van der Waals surface area contributed by atoms with Gasteiger partial charge in [-0.1, -0.05) is 37.1 Å². The summed E-state index contributed by atoms with van der Waals surface area (Å²) < 4.78 is 5.31. The lowest BCUT2D eigenvalue weighted by Crippen LogP contribution is -2.46. The van der Waals surface area contributed by atoms with Crippen molar-refractivity contribution < 1.29 is 4.74 Å². The van der Waals surface area contributed by atoms with E-state index in [-0.39, 0.29) is 0 Å². The van der Waals surface area contributed by atoms with Crippen LogP contribution in [-0.2, 0) is 17.8 Å². The van der Waals surface area contributed by atoms with Crippen molar-refractivity contribution >= 4 is 5.96 Å². The van der Waals surface area contributed by atoms with Crippen LogP contribution in [0.15, 0.2) is 29.3 Å². The molecule has 2 aliphatic rings. The Kier molecular flexibility index (Phi) is 8.81. The van der Waals surface area contributed by atoms with Crippen molar-refractivity contribution in [1.82, 2.24) is 15.5 Å². The van der Waals surface area contributed by atoms with Gasteiger partial charge in [0.1, 0.15) is 0 Å². The molecule has 1 aromatic rings. The largest absolute Gasteiger partial charge is 0.385 e. The van der Waals surface area contributed by atoms with E-state index in [0.717, 1.165) is 38.6 Å². The van der Waals surface area contributed by atoms with E-state index in [1.54, 1.807) is 7.11 Å². The first-order chi connectivity index (χ1) is 14.2. The highest BCUT2D eigenvalue weighted by atomic mass is 16.5. The molecule has 1 heterocycles. The smallest absolute Gasteiger partial charge is 0.191 e. The molecule has 2 N–H and O–H groups in total. The van der Waals surface area contributed by atoms with Crippen molar-refractivity contribution in [2.75, 3.05) is 39.9 Å². The van der Waals surface area contributed by atoms with E-state index in [0.29, 0.717) is 12.0 Å². The number of ether oxygens (including phenoxy) is 1. The SMILES string of the molecule is CCNC(=NCc1ccc(CN2CCCCC2)cc1)NCC1(CCOC)CCC1. The number of piperidine rings is 1. The van der Waals surface area contributed by atoms with Crippen LogP contribution in [0.1, 0.15) is 63.0 Å². The highest BCUT2D eigenvalue weighted by Gasteiger charge is 2.36. The summed E-state index contributed by atoms with van der Waals surface area (Å²) in [6.07, 6.45) is 9.14. The lowest BCUT2D eigenvalue weighted by atomic mass is 9.67. The number of aliphatic imine (C=N–C) groups is 1. The van der Waals surface area contributed by atoms with Gasteiger partial charge in [-0.15, -0.1) is 0 Å². The molecule has 1 aliphatic heterocycles. The Hall–Kier alpha value is -1.59. The number of rotatable bonds is 10. The molecule has 3 rings (SSSR count). The summed E-state index contributed by atoms with van der Waals surface area (Å²) in [5, 5.41) is 6.98. The minimum atomic E-state index is 0.391. The fourth-order valence-corrected chi connectivity index (χ4v) is 4.42. The van der Waals surface area contributed by atoms with Gasteiger partial charge >= 0.3 is 0 Å². The van der Waals surface area contributed by atoms with E-state index in [1.807, 2.05) is 0 Å². The monoisotopic (exact) mass is 400 g/mol. The van der Waals surface area contributed by atoms with Gasteiger partial charge in [0, 0.05) is 33.4 Å². The molecule has 1 aromatic carbocycles. The van der Waals surface area contributed by atoms with Crippen molar-refractivity contribution in [2.24, 2.45) is 10.4 Å². The first-order valence-electron chi connectivity index (χ1n) is 11.5. The number of methoxy groups -OCH3 is 1. The zero-order valence-corrected chi connectivity index (χ0v) is 18.5. The molecule has 0 atom stereocenters. The molecule has 0 radical (unpaired) electrons. The van der Waals surface area contributed by atoms with E-state index >= 15 is 0 Å². The molecule has 2 fully saturated rings. The summed E-state index contributed by atoms with van der Waals surface area (Å²) in [5.41, 5.74) is 3.07. The van der Waals surface area contributed by atoms with Crippen molar-refractivity contribution in [3.8, 4) is 0 Å². The zero-order valence-electron chi connectivity index (χ0n) is 18.5. The Labute approximate surface area is 177 Å². The first kappa shape index (κ1) is 22.1. The highest BCUT2D eigenvalue weighted by Crippen LogP contribution is 2.43. The average molecular weight is 401 g/mol.